The van der Waals surface area contributed by atoms with Gasteiger partial charge in [-0.25, -0.2) is 4.98 Å². The maximum absolute atomic E-state index is 11.5. The molecule has 0 saturated carbocycles. The average Bonchev–Trinajstić information content (AvgIpc) is 3.06. The molecule has 2 atom stereocenters. The fraction of sp³-hybridized carbons (Fsp3) is 0.462. The fourth-order valence-corrected chi connectivity index (χ4v) is 3.42. The summed E-state index contributed by atoms with van der Waals surface area (Å²) in [5.41, 5.74) is 0.980. The standard InChI is InChI=1S/C13H13ClN4O3/c14-10-3-1-8(7-15-10)16-5-6-17-11-4-2-9(21-11)12(13(16)17)18(19)20/h1,3,7,9,11H,2,4-6H2/t9-,11+/m0/s1. The Labute approximate surface area is 125 Å². The number of nitro groups is 1. The second-order valence-electron chi connectivity index (χ2n) is 5.31. The number of nitrogens with zero attached hydrogens (tertiary/aromatic N) is 4. The summed E-state index contributed by atoms with van der Waals surface area (Å²) in [4.78, 5) is 19.2. The molecule has 0 spiro atoms. The topological polar surface area (TPSA) is 71.7 Å². The van der Waals surface area contributed by atoms with Crippen LogP contribution in [0.1, 0.15) is 12.8 Å². The van der Waals surface area contributed by atoms with Crippen molar-refractivity contribution in [2.24, 2.45) is 0 Å². The van der Waals surface area contributed by atoms with Gasteiger partial charge < -0.3 is 14.5 Å². The molecular weight excluding hydrogens is 296 g/mol. The van der Waals surface area contributed by atoms with Gasteiger partial charge in [0.15, 0.2) is 11.9 Å². The molecule has 4 rings (SSSR count). The van der Waals surface area contributed by atoms with Gasteiger partial charge in [0.1, 0.15) is 11.4 Å². The van der Waals surface area contributed by atoms with Crippen LogP contribution in [0.15, 0.2) is 29.8 Å². The Bertz CT molecular complexity index is 633. The first-order valence-electron chi connectivity index (χ1n) is 6.85. The van der Waals surface area contributed by atoms with E-state index in [-0.39, 0.29) is 16.8 Å². The van der Waals surface area contributed by atoms with Crippen molar-refractivity contribution < 1.29 is 9.66 Å². The third-order valence-corrected chi connectivity index (χ3v) is 4.41. The van der Waals surface area contributed by atoms with Crippen LogP contribution in [0.2, 0.25) is 5.15 Å². The van der Waals surface area contributed by atoms with E-state index in [1.807, 2.05) is 15.9 Å². The van der Waals surface area contributed by atoms with Crippen molar-refractivity contribution in [3.8, 4) is 0 Å². The first-order valence-corrected chi connectivity index (χ1v) is 7.22. The minimum Gasteiger partial charge on any atom is -0.344 e. The number of halogens is 1. The third-order valence-electron chi connectivity index (χ3n) is 4.19. The van der Waals surface area contributed by atoms with Gasteiger partial charge in [-0.05, 0) is 25.0 Å². The van der Waals surface area contributed by atoms with Crippen LogP contribution >= 0.6 is 11.6 Å². The van der Waals surface area contributed by atoms with Crippen molar-refractivity contribution in [1.29, 1.82) is 0 Å². The molecule has 21 heavy (non-hydrogen) atoms. The van der Waals surface area contributed by atoms with Crippen LogP contribution in [0.3, 0.4) is 0 Å². The van der Waals surface area contributed by atoms with Crippen molar-refractivity contribution in [3.63, 3.8) is 0 Å². The molecule has 3 aliphatic heterocycles. The van der Waals surface area contributed by atoms with Gasteiger partial charge in [0.25, 0.3) is 0 Å². The first kappa shape index (κ1) is 12.8. The Morgan fingerprint density at radius 3 is 2.95 bits per heavy atom. The Kier molecular flexibility index (Phi) is 2.80. The van der Waals surface area contributed by atoms with Crippen LogP contribution < -0.4 is 4.90 Å². The molecule has 0 radical (unpaired) electrons. The molecule has 0 N–H and O–H groups in total. The summed E-state index contributed by atoms with van der Waals surface area (Å²) in [7, 11) is 0. The Balaban J connectivity index is 1.81. The average molecular weight is 309 g/mol. The smallest absolute Gasteiger partial charge is 0.315 e. The third kappa shape index (κ3) is 1.88. The van der Waals surface area contributed by atoms with Crippen LogP contribution in [0.5, 0.6) is 0 Å². The monoisotopic (exact) mass is 308 g/mol. The highest BCUT2D eigenvalue weighted by atomic mass is 35.5. The van der Waals surface area contributed by atoms with Crippen molar-refractivity contribution in [2.75, 3.05) is 18.0 Å². The fourth-order valence-electron chi connectivity index (χ4n) is 3.31. The van der Waals surface area contributed by atoms with Gasteiger partial charge in [-0.3, -0.25) is 10.1 Å². The van der Waals surface area contributed by atoms with Crippen LogP contribution in [-0.2, 0) is 4.74 Å². The molecule has 8 heteroatoms. The van der Waals surface area contributed by atoms with Gasteiger partial charge in [-0.2, -0.15) is 0 Å². The predicted molar refractivity (Wildman–Crippen MR) is 75.2 cm³/mol. The molecule has 1 aromatic rings. The molecule has 7 nitrogen and oxygen atoms in total. The summed E-state index contributed by atoms with van der Waals surface area (Å²) < 4.78 is 5.75. The predicted octanol–water partition coefficient (Wildman–Crippen LogP) is 1.82. The van der Waals surface area contributed by atoms with Crippen LogP contribution in [0, 0.1) is 10.1 Å². The molecule has 0 aromatic carbocycles. The molecule has 2 fully saturated rings. The number of hydrogen-bond acceptors (Lipinski definition) is 6. The lowest BCUT2D eigenvalue weighted by Gasteiger charge is -2.32. The normalized spacial score (nSPS) is 27.3. The van der Waals surface area contributed by atoms with Gasteiger partial charge in [0, 0.05) is 13.1 Å². The highest BCUT2D eigenvalue weighted by Gasteiger charge is 2.51. The van der Waals surface area contributed by atoms with Crippen LogP contribution in [0.25, 0.3) is 0 Å². The van der Waals surface area contributed by atoms with Crippen molar-refractivity contribution in [1.82, 2.24) is 9.88 Å². The van der Waals surface area contributed by atoms with E-state index in [2.05, 4.69) is 4.98 Å². The zero-order valence-corrected chi connectivity index (χ0v) is 11.9. The molecule has 110 valence electrons. The number of fused-ring (bicyclic) bond motifs is 4. The lowest BCUT2D eigenvalue weighted by molar-refractivity contribution is -0.442. The number of pyridine rings is 1. The minimum atomic E-state index is -0.405. The van der Waals surface area contributed by atoms with E-state index in [4.69, 9.17) is 16.3 Å². The second kappa shape index (κ2) is 4.57. The number of rotatable bonds is 2. The van der Waals surface area contributed by atoms with Crippen LogP contribution in [-0.4, -0.2) is 40.2 Å². The van der Waals surface area contributed by atoms with E-state index in [0.29, 0.717) is 30.5 Å². The Morgan fingerprint density at radius 1 is 1.38 bits per heavy atom. The van der Waals surface area contributed by atoms with Gasteiger partial charge >= 0.3 is 5.70 Å². The quantitative estimate of drug-likeness (QED) is 0.471. The molecular formula is C13H13ClN4O3. The number of ether oxygens (including phenoxy) is 1. The minimum absolute atomic E-state index is 0.0426. The summed E-state index contributed by atoms with van der Waals surface area (Å²) >= 11 is 5.81. The maximum Gasteiger partial charge on any atom is 0.315 e. The molecule has 0 amide bonds. The molecule has 0 aliphatic carbocycles. The van der Waals surface area contributed by atoms with Crippen LogP contribution in [0.4, 0.5) is 5.69 Å². The Hall–Kier alpha value is -1.86. The Morgan fingerprint density at radius 2 is 2.24 bits per heavy atom. The van der Waals surface area contributed by atoms with Gasteiger partial charge in [-0.1, -0.05) is 11.6 Å². The molecule has 2 saturated heterocycles. The molecule has 1 aromatic heterocycles. The number of aromatic nitrogens is 1. The van der Waals surface area contributed by atoms with E-state index >= 15 is 0 Å². The largest absolute Gasteiger partial charge is 0.344 e. The number of hydrogen-bond donors (Lipinski definition) is 0. The lowest BCUT2D eigenvalue weighted by atomic mass is 10.2. The summed E-state index contributed by atoms with van der Waals surface area (Å²) in [5, 5.41) is 11.9. The van der Waals surface area contributed by atoms with E-state index < -0.39 is 6.10 Å². The summed E-state index contributed by atoms with van der Waals surface area (Å²) in [6.45, 7) is 1.40. The molecule has 2 bridgehead atoms. The van der Waals surface area contributed by atoms with E-state index in [1.54, 1.807) is 12.3 Å². The second-order valence-corrected chi connectivity index (χ2v) is 5.69. The summed E-state index contributed by atoms with van der Waals surface area (Å²) in [6, 6.07) is 3.53. The van der Waals surface area contributed by atoms with Gasteiger partial charge in [0.05, 0.1) is 16.8 Å². The summed E-state index contributed by atoms with van der Waals surface area (Å²) in [6.07, 6.45) is 2.73. The number of anilines is 1. The van der Waals surface area contributed by atoms with Crippen molar-refractivity contribution >= 4 is 17.3 Å². The summed E-state index contributed by atoms with van der Waals surface area (Å²) in [5.74, 6) is 0.655. The van der Waals surface area contributed by atoms with Crippen molar-refractivity contribution in [2.45, 2.75) is 25.2 Å². The first-order chi connectivity index (χ1) is 10.1. The molecule has 0 unspecified atom stereocenters. The van der Waals surface area contributed by atoms with Crippen molar-refractivity contribution in [3.05, 3.63) is 45.1 Å². The highest BCUT2D eigenvalue weighted by Crippen LogP contribution is 2.42. The van der Waals surface area contributed by atoms with E-state index in [9.17, 15) is 10.1 Å². The highest BCUT2D eigenvalue weighted by molar-refractivity contribution is 6.29. The van der Waals surface area contributed by atoms with E-state index in [0.717, 1.165) is 12.1 Å². The lowest BCUT2D eigenvalue weighted by Crippen LogP contribution is -2.41. The molecule has 3 aliphatic rings. The van der Waals surface area contributed by atoms with E-state index in [1.165, 1.54) is 0 Å². The zero-order valence-electron chi connectivity index (χ0n) is 11.1. The van der Waals surface area contributed by atoms with Gasteiger partial charge in [-0.15, -0.1) is 0 Å². The zero-order chi connectivity index (χ0) is 14.6. The molecule has 4 heterocycles. The SMILES string of the molecule is O=[N+]([O-])C1=C2N(c3ccc(Cl)nc3)CCN2[C@H]2CC[C@@H]1O2. The maximum atomic E-state index is 11.5. The van der Waals surface area contributed by atoms with Gasteiger partial charge in [0.2, 0.25) is 0 Å².